The second-order valence-corrected chi connectivity index (χ2v) is 4.76. The van der Waals surface area contributed by atoms with Crippen LogP contribution in [0.3, 0.4) is 0 Å². The number of rotatable bonds is 4. The summed E-state index contributed by atoms with van der Waals surface area (Å²) in [5, 5.41) is 9.55. The molecule has 0 bridgehead atoms. The Hall–Kier alpha value is -2.40. The highest BCUT2D eigenvalue weighted by molar-refractivity contribution is 5.44. The molecule has 0 radical (unpaired) electrons. The molecule has 4 nitrogen and oxygen atoms in total. The van der Waals surface area contributed by atoms with Crippen molar-refractivity contribution in [1.29, 1.82) is 0 Å². The lowest BCUT2D eigenvalue weighted by Crippen LogP contribution is -1.98. The third-order valence-electron chi connectivity index (χ3n) is 3.44. The Morgan fingerprint density at radius 1 is 1.19 bits per heavy atom. The molecule has 2 heterocycles. The summed E-state index contributed by atoms with van der Waals surface area (Å²) in [6.45, 7) is -0.184. The van der Waals surface area contributed by atoms with Gasteiger partial charge < -0.3 is 9.84 Å². The molecule has 3 aromatic rings. The highest BCUT2D eigenvalue weighted by atomic mass is 19.1. The molecule has 21 heavy (non-hydrogen) atoms. The number of hydrogen-bond donors (Lipinski definition) is 1. The topological polar surface area (TPSA) is 46.8 Å². The molecule has 0 aliphatic rings. The zero-order chi connectivity index (χ0) is 14.8. The molecule has 0 fully saturated rings. The number of nitrogens with zero attached hydrogens (tertiary/aromatic N) is 2. The summed E-state index contributed by atoms with van der Waals surface area (Å²) < 4.78 is 20.0. The van der Waals surface area contributed by atoms with E-state index in [4.69, 9.17) is 4.74 Å². The number of hydrogen-bond acceptors (Lipinski definition) is 3. The zero-order valence-corrected chi connectivity index (χ0v) is 11.6. The molecule has 1 aromatic carbocycles. The van der Waals surface area contributed by atoms with Gasteiger partial charge in [0.1, 0.15) is 17.2 Å². The smallest absolute Gasteiger partial charge is 0.139 e. The number of aliphatic hydroxyl groups is 1. The van der Waals surface area contributed by atoms with Gasteiger partial charge in [0.05, 0.1) is 25.1 Å². The fourth-order valence-corrected chi connectivity index (χ4v) is 2.36. The number of halogens is 1. The minimum Gasteiger partial charge on any atom is -0.497 e. The molecule has 0 atom stereocenters. The van der Waals surface area contributed by atoms with E-state index in [1.165, 1.54) is 12.3 Å². The van der Waals surface area contributed by atoms with Gasteiger partial charge in [-0.2, -0.15) is 0 Å². The van der Waals surface area contributed by atoms with E-state index in [-0.39, 0.29) is 12.4 Å². The minimum atomic E-state index is -0.356. The maximum Gasteiger partial charge on any atom is 0.139 e. The van der Waals surface area contributed by atoms with E-state index in [0.717, 1.165) is 17.0 Å². The van der Waals surface area contributed by atoms with Crippen LogP contribution in [0.4, 0.5) is 4.39 Å². The van der Waals surface area contributed by atoms with Crippen LogP contribution in [0, 0.1) is 5.82 Å². The Morgan fingerprint density at radius 3 is 2.62 bits per heavy atom. The van der Waals surface area contributed by atoms with E-state index >= 15 is 0 Å². The summed E-state index contributed by atoms with van der Waals surface area (Å²) in [4.78, 5) is 4.47. The molecule has 0 aliphatic heterocycles. The fraction of sp³-hybridized carbons (Fsp3) is 0.188. The van der Waals surface area contributed by atoms with E-state index in [9.17, 15) is 9.50 Å². The van der Waals surface area contributed by atoms with Crippen LogP contribution in [0.2, 0.25) is 0 Å². The third-order valence-corrected chi connectivity index (χ3v) is 3.44. The Morgan fingerprint density at radius 2 is 1.95 bits per heavy atom. The first-order valence-electron chi connectivity index (χ1n) is 6.60. The summed E-state index contributed by atoms with van der Waals surface area (Å²) in [5.41, 5.74) is 3.03. The average Bonchev–Trinajstić information content (AvgIpc) is 2.84. The van der Waals surface area contributed by atoms with Crippen molar-refractivity contribution in [2.24, 2.45) is 0 Å². The number of fused-ring (bicyclic) bond motifs is 1. The molecule has 0 saturated carbocycles. The number of imidazole rings is 1. The van der Waals surface area contributed by atoms with Crippen molar-refractivity contribution in [2.45, 2.75) is 13.0 Å². The van der Waals surface area contributed by atoms with Gasteiger partial charge in [0.15, 0.2) is 0 Å². The second-order valence-electron chi connectivity index (χ2n) is 4.76. The van der Waals surface area contributed by atoms with Gasteiger partial charge in [-0.3, -0.25) is 4.40 Å². The zero-order valence-electron chi connectivity index (χ0n) is 11.6. The molecular weight excluding hydrogens is 271 g/mol. The number of pyridine rings is 1. The van der Waals surface area contributed by atoms with Gasteiger partial charge in [-0.15, -0.1) is 0 Å². The number of benzene rings is 1. The molecule has 1 N–H and O–H groups in total. The van der Waals surface area contributed by atoms with Crippen LogP contribution in [0.15, 0.2) is 42.6 Å². The fourth-order valence-electron chi connectivity index (χ4n) is 2.36. The monoisotopic (exact) mass is 286 g/mol. The van der Waals surface area contributed by atoms with Gasteiger partial charge in [0.25, 0.3) is 0 Å². The second kappa shape index (κ2) is 5.54. The van der Waals surface area contributed by atoms with Crippen LogP contribution in [0.5, 0.6) is 5.75 Å². The van der Waals surface area contributed by atoms with Gasteiger partial charge in [-0.25, -0.2) is 9.37 Å². The highest BCUT2D eigenvalue weighted by Crippen LogP contribution is 2.19. The van der Waals surface area contributed by atoms with Crippen molar-refractivity contribution in [3.63, 3.8) is 0 Å². The van der Waals surface area contributed by atoms with Gasteiger partial charge in [-0.1, -0.05) is 12.1 Å². The van der Waals surface area contributed by atoms with E-state index in [1.54, 1.807) is 17.6 Å². The minimum absolute atomic E-state index is 0.184. The summed E-state index contributed by atoms with van der Waals surface area (Å²) in [6, 6.07) is 10.6. The summed E-state index contributed by atoms with van der Waals surface area (Å²) in [5.74, 6) is 0.434. The van der Waals surface area contributed by atoms with Crippen LogP contribution in [-0.4, -0.2) is 21.6 Å². The van der Waals surface area contributed by atoms with Crippen LogP contribution in [0.1, 0.15) is 17.0 Å². The number of methoxy groups -OCH3 is 1. The maximum atomic E-state index is 13.3. The predicted molar refractivity (Wildman–Crippen MR) is 76.9 cm³/mol. The molecule has 3 rings (SSSR count). The Bertz CT molecular complexity index is 766. The van der Waals surface area contributed by atoms with Crippen molar-refractivity contribution in [3.05, 3.63) is 65.4 Å². The van der Waals surface area contributed by atoms with Crippen molar-refractivity contribution >= 4 is 5.65 Å². The van der Waals surface area contributed by atoms with Crippen LogP contribution >= 0.6 is 0 Å². The molecule has 0 aliphatic carbocycles. The first kappa shape index (κ1) is 13.6. The SMILES string of the molecule is COc1ccc(Cc2nc3ccc(F)cn3c2CO)cc1. The quantitative estimate of drug-likeness (QED) is 0.802. The summed E-state index contributed by atoms with van der Waals surface area (Å²) in [6.07, 6.45) is 1.91. The lowest BCUT2D eigenvalue weighted by atomic mass is 10.1. The lowest BCUT2D eigenvalue weighted by molar-refractivity contribution is 0.274. The molecule has 0 amide bonds. The van der Waals surface area contributed by atoms with Crippen molar-refractivity contribution < 1.29 is 14.2 Å². The van der Waals surface area contributed by atoms with E-state index < -0.39 is 0 Å². The molecule has 2 aromatic heterocycles. The predicted octanol–water partition coefficient (Wildman–Crippen LogP) is 2.57. The van der Waals surface area contributed by atoms with E-state index in [2.05, 4.69) is 4.98 Å². The maximum absolute atomic E-state index is 13.3. The Labute approximate surface area is 121 Å². The average molecular weight is 286 g/mol. The Balaban J connectivity index is 1.99. The standard InChI is InChI=1S/C16H15FN2O2/c1-21-13-5-2-11(3-6-13)8-14-15(10-20)19-9-12(17)4-7-16(19)18-14/h2-7,9,20H,8,10H2,1H3. The highest BCUT2D eigenvalue weighted by Gasteiger charge is 2.12. The normalized spacial score (nSPS) is 11.0. The number of ether oxygens (including phenoxy) is 1. The lowest BCUT2D eigenvalue weighted by Gasteiger charge is -2.04. The van der Waals surface area contributed by atoms with Crippen LogP contribution in [0.25, 0.3) is 5.65 Å². The summed E-state index contributed by atoms with van der Waals surface area (Å²) >= 11 is 0. The van der Waals surface area contributed by atoms with Gasteiger partial charge >= 0.3 is 0 Å². The molecule has 0 unspecified atom stereocenters. The summed E-state index contributed by atoms with van der Waals surface area (Å²) in [7, 11) is 1.62. The van der Waals surface area contributed by atoms with Crippen molar-refractivity contribution in [1.82, 2.24) is 9.38 Å². The molecule has 5 heteroatoms. The number of aliphatic hydroxyl groups excluding tert-OH is 1. The van der Waals surface area contributed by atoms with E-state index in [1.807, 2.05) is 24.3 Å². The molecule has 0 spiro atoms. The molecule has 108 valence electrons. The van der Waals surface area contributed by atoms with Crippen LogP contribution in [-0.2, 0) is 13.0 Å². The van der Waals surface area contributed by atoms with Gasteiger partial charge in [-0.05, 0) is 29.8 Å². The van der Waals surface area contributed by atoms with Gasteiger partial charge in [0.2, 0.25) is 0 Å². The third kappa shape index (κ3) is 2.60. The largest absolute Gasteiger partial charge is 0.497 e. The van der Waals surface area contributed by atoms with Crippen molar-refractivity contribution in [3.8, 4) is 5.75 Å². The van der Waals surface area contributed by atoms with Crippen LogP contribution < -0.4 is 4.74 Å². The molecular formula is C16H15FN2O2. The first-order valence-corrected chi connectivity index (χ1v) is 6.60. The molecule has 0 saturated heterocycles. The van der Waals surface area contributed by atoms with E-state index in [0.29, 0.717) is 17.8 Å². The first-order chi connectivity index (χ1) is 10.2. The Kier molecular flexibility index (Phi) is 3.58. The number of aromatic nitrogens is 2. The van der Waals surface area contributed by atoms with Gasteiger partial charge in [0, 0.05) is 12.6 Å². The van der Waals surface area contributed by atoms with Crippen molar-refractivity contribution in [2.75, 3.05) is 7.11 Å².